The Labute approximate surface area is 104 Å². The Morgan fingerprint density at radius 3 is 2.65 bits per heavy atom. The molecule has 2 amide bonds. The Bertz CT molecular complexity index is 263. The van der Waals surface area contributed by atoms with Crippen LogP contribution >= 0.6 is 0 Å². The number of carbonyl (C=O) groups excluding carboxylic acids is 1. The molecule has 0 unspecified atom stereocenters. The molecule has 0 aromatic rings. The van der Waals surface area contributed by atoms with E-state index in [1.54, 1.807) is 7.05 Å². The van der Waals surface area contributed by atoms with Gasteiger partial charge in [0.2, 0.25) is 0 Å². The zero-order valence-corrected chi connectivity index (χ0v) is 11.1. The summed E-state index contributed by atoms with van der Waals surface area (Å²) in [6.45, 7) is 2.10. The number of hydrogen-bond donors (Lipinski definition) is 1. The van der Waals surface area contributed by atoms with Gasteiger partial charge >= 0.3 is 6.03 Å². The molecule has 17 heavy (non-hydrogen) atoms. The monoisotopic (exact) mass is 239 g/mol. The van der Waals surface area contributed by atoms with Gasteiger partial charge in [0.15, 0.2) is 0 Å². The number of rotatable bonds is 3. The van der Waals surface area contributed by atoms with Gasteiger partial charge in [0.05, 0.1) is 0 Å². The number of likely N-dealkylation sites (tertiary alicyclic amines) is 1. The third kappa shape index (κ3) is 2.92. The van der Waals surface area contributed by atoms with E-state index in [9.17, 15) is 4.79 Å². The molecule has 4 nitrogen and oxygen atoms in total. The molecule has 4 heteroatoms. The number of likely N-dealkylation sites (N-methyl/N-ethyl adjacent to an activating group) is 1. The van der Waals surface area contributed by atoms with Gasteiger partial charge in [-0.3, -0.25) is 4.90 Å². The molecule has 1 N–H and O–H groups in total. The molecule has 1 aliphatic heterocycles. The summed E-state index contributed by atoms with van der Waals surface area (Å²) in [6.07, 6.45) is 8.04. The van der Waals surface area contributed by atoms with E-state index in [0.29, 0.717) is 6.04 Å². The molecule has 0 aromatic carbocycles. The van der Waals surface area contributed by atoms with Gasteiger partial charge < -0.3 is 10.2 Å². The third-order valence-electron chi connectivity index (χ3n) is 4.26. The highest BCUT2D eigenvalue weighted by molar-refractivity contribution is 5.73. The van der Waals surface area contributed by atoms with E-state index in [1.807, 2.05) is 11.9 Å². The van der Waals surface area contributed by atoms with Crippen LogP contribution in [-0.2, 0) is 0 Å². The summed E-state index contributed by atoms with van der Waals surface area (Å²) in [5.74, 6) is 0. The van der Waals surface area contributed by atoms with Gasteiger partial charge in [0.1, 0.15) is 0 Å². The summed E-state index contributed by atoms with van der Waals surface area (Å²) in [5.41, 5.74) is 0. The molecular formula is C13H25N3O. The molecular weight excluding hydrogens is 214 g/mol. The van der Waals surface area contributed by atoms with Crippen molar-refractivity contribution in [3.8, 4) is 0 Å². The lowest BCUT2D eigenvalue weighted by Crippen LogP contribution is -2.46. The number of amides is 2. The summed E-state index contributed by atoms with van der Waals surface area (Å²) < 4.78 is 0. The van der Waals surface area contributed by atoms with Crippen LogP contribution in [0.15, 0.2) is 0 Å². The lowest BCUT2D eigenvalue weighted by molar-refractivity contribution is 0.147. The van der Waals surface area contributed by atoms with Crippen molar-refractivity contribution in [2.45, 2.75) is 50.6 Å². The van der Waals surface area contributed by atoms with Crippen LogP contribution < -0.4 is 5.32 Å². The van der Waals surface area contributed by atoms with Gasteiger partial charge in [-0.2, -0.15) is 0 Å². The maximum absolute atomic E-state index is 11.5. The van der Waals surface area contributed by atoms with Crippen molar-refractivity contribution in [1.29, 1.82) is 0 Å². The maximum Gasteiger partial charge on any atom is 0.316 e. The second kappa shape index (κ2) is 5.71. The first-order valence-electron chi connectivity index (χ1n) is 6.91. The molecule has 98 valence electrons. The molecule has 1 atom stereocenters. The van der Waals surface area contributed by atoms with Gasteiger partial charge in [0, 0.05) is 32.7 Å². The summed E-state index contributed by atoms with van der Waals surface area (Å²) in [6, 6.07) is 1.41. The Hall–Kier alpha value is -0.770. The lowest BCUT2D eigenvalue weighted by atomic mass is 10.1. The normalized spacial score (nSPS) is 26.4. The van der Waals surface area contributed by atoms with Gasteiger partial charge in [0.25, 0.3) is 0 Å². The lowest BCUT2D eigenvalue weighted by Gasteiger charge is -2.32. The standard InChI is InChI=1S/C13H25N3O/c1-14-13(17)15(2)10-12-8-5-9-16(12)11-6-3-4-7-11/h11-12H,3-10H2,1-2H3,(H,14,17)/t12-/m1/s1. The molecule has 0 radical (unpaired) electrons. The van der Waals surface area contributed by atoms with Crippen LogP contribution in [0, 0.1) is 0 Å². The molecule has 1 saturated heterocycles. The Balaban J connectivity index is 1.88. The third-order valence-corrected chi connectivity index (χ3v) is 4.26. The number of carbonyl (C=O) groups is 1. The first kappa shape index (κ1) is 12.7. The van der Waals surface area contributed by atoms with Crippen LogP contribution in [0.25, 0.3) is 0 Å². The van der Waals surface area contributed by atoms with Crippen molar-refractivity contribution < 1.29 is 4.79 Å². The minimum Gasteiger partial charge on any atom is -0.341 e. The summed E-state index contributed by atoms with van der Waals surface area (Å²) in [4.78, 5) is 16.0. The van der Waals surface area contributed by atoms with Crippen molar-refractivity contribution in [2.24, 2.45) is 0 Å². The number of urea groups is 1. The van der Waals surface area contributed by atoms with Gasteiger partial charge in [-0.15, -0.1) is 0 Å². The van der Waals surface area contributed by atoms with Crippen LogP contribution in [0.5, 0.6) is 0 Å². The fourth-order valence-electron chi connectivity index (χ4n) is 3.36. The molecule has 2 fully saturated rings. The van der Waals surface area contributed by atoms with E-state index in [0.717, 1.165) is 12.6 Å². The smallest absolute Gasteiger partial charge is 0.316 e. The van der Waals surface area contributed by atoms with Crippen LogP contribution in [0.3, 0.4) is 0 Å². The average molecular weight is 239 g/mol. The van der Waals surface area contributed by atoms with Crippen LogP contribution in [0.2, 0.25) is 0 Å². The maximum atomic E-state index is 11.5. The quantitative estimate of drug-likeness (QED) is 0.813. The first-order chi connectivity index (χ1) is 8.22. The second-order valence-electron chi connectivity index (χ2n) is 5.41. The molecule has 0 bridgehead atoms. The highest BCUT2D eigenvalue weighted by atomic mass is 16.2. The molecule has 2 aliphatic rings. The predicted molar refractivity (Wildman–Crippen MR) is 69.1 cm³/mol. The van der Waals surface area contributed by atoms with Gasteiger partial charge in [-0.05, 0) is 32.2 Å². The van der Waals surface area contributed by atoms with Crippen LogP contribution in [0.1, 0.15) is 38.5 Å². The minimum absolute atomic E-state index is 0.0308. The van der Waals surface area contributed by atoms with E-state index in [2.05, 4.69) is 10.2 Å². The van der Waals surface area contributed by atoms with E-state index in [-0.39, 0.29) is 6.03 Å². The largest absolute Gasteiger partial charge is 0.341 e. The molecule has 2 rings (SSSR count). The van der Waals surface area contributed by atoms with Crippen molar-refractivity contribution in [3.05, 3.63) is 0 Å². The SMILES string of the molecule is CNC(=O)N(C)C[C@H]1CCCN1C1CCCC1. The number of hydrogen-bond acceptors (Lipinski definition) is 2. The highest BCUT2D eigenvalue weighted by Crippen LogP contribution is 2.30. The second-order valence-corrected chi connectivity index (χ2v) is 5.41. The number of nitrogens with zero attached hydrogens (tertiary/aromatic N) is 2. The predicted octanol–water partition coefficient (Wildman–Crippen LogP) is 1.66. The zero-order valence-electron chi connectivity index (χ0n) is 11.1. The van der Waals surface area contributed by atoms with Gasteiger partial charge in [-0.25, -0.2) is 4.79 Å². The van der Waals surface area contributed by atoms with E-state index in [1.165, 1.54) is 45.1 Å². The Kier molecular flexibility index (Phi) is 4.26. The molecule has 0 aromatic heterocycles. The topological polar surface area (TPSA) is 35.6 Å². The van der Waals surface area contributed by atoms with Crippen molar-refractivity contribution >= 4 is 6.03 Å². The minimum atomic E-state index is 0.0308. The average Bonchev–Trinajstić information content (AvgIpc) is 2.97. The molecule has 1 heterocycles. The van der Waals surface area contributed by atoms with Crippen molar-refractivity contribution in [1.82, 2.24) is 15.1 Å². The fourth-order valence-corrected chi connectivity index (χ4v) is 3.36. The van der Waals surface area contributed by atoms with Crippen molar-refractivity contribution in [3.63, 3.8) is 0 Å². The molecule has 0 spiro atoms. The highest BCUT2D eigenvalue weighted by Gasteiger charge is 2.33. The Morgan fingerprint density at radius 1 is 1.29 bits per heavy atom. The van der Waals surface area contributed by atoms with Gasteiger partial charge in [-0.1, -0.05) is 12.8 Å². The summed E-state index contributed by atoms with van der Waals surface area (Å²) >= 11 is 0. The van der Waals surface area contributed by atoms with Crippen molar-refractivity contribution in [2.75, 3.05) is 27.2 Å². The summed E-state index contributed by atoms with van der Waals surface area (Å²) in [7, 11) is 3.59. The molecule has 1 aliphatic carbocycles. The van der Waals surface area contributed by atoms with E-state index in [4.69, 9.17) is 0 Å². The van der Waals surface area contributed by atoms with Crippen LogP contribution in [0.4, 0.5) is 4.79 Å². The Morgan fingerprint density at radius 2 is 2.00 bits per heavy atom. The zero-order chi connectivity index (χ0) is 12.3. The number of nitrogens with one attached hydrogen (secondary N) is 1. The summed E-state index contributed by atoms with van der Waals surface area (Å²) in [5, 5.41) is 2.69. The van der Waals surface area contributed by atoms with Crippen LogP contribution in [-0.4, -0.2) is 55.1 Å². The first-order valence-corrected chi connectivity index (χ1v) is 6.91. The fraction of sp³-hybridized carbons (Fsp3) is 0.923. The molecule has 1 saturated carbocycles. The van der Waals surface area contributed by atoms with E-state index >= 15 is 0 Å². The van der Waals surface area contributed by atoms with E-state index < -0.39 is 0 Å².